The number of hydrogen-bond acceptors (Lipinski definition) is 4. The first kappa shape index (κ1) is 22.7. The maximum atomic E-state index is 12.4. The van der Waals surface area contributed by atoms with Crippen LogP contribution in [-0.2, 0) is 11.3 Å². The Labute approximate surface area is 204 Å². The molecular formula is C21H18Cl4N4OS. The fourth-order valence-electron chi connectivity index (χ4n) is 3.47. The van der Waals surface area contributed by atoms with Gasteiger partial charge >= 0.3 is 0 Å². The van der Waals surface area contributed by atoms with E-state index in [1.807, 2.05) is 19.1 Å². The van der Waals surface area contributed by atoms with Gasteiger partial charge in [0.15, 0.2) is 5.16 Å². The summed E-state index contributed by atoms with van der Waals surface area (Å²) in [6.07, 6.45) is 1.03. The summed E-state index contributed by atoms with van der Waals surface area (Å²) in [4.78, 5) is 12.4. The van der Waals surface area contributed by atoms with Crippen molar-refractivity contribution in [2.24, 2.45) is 0 Å². The maximum absolute atomic E-state index is 12.4. The molecule has 2 aromatic carbocycles. The van der Waals surface area contributed by atoms with Gasteiger partial charge in [-0.2, -0.15) is 0 Å². The van der Waals surface area contributed by atoms with Gasteiger partial charge in [0.25, 0.3) is 0 Å². The monoisotopic (exact) mass is 514 g/mol. The quantitative estimate of drug-likeness (QED) is 0.274. The molecule has 1 aromatic heterocycles. The van der Waals surface area contributed by atoms with E-state index in [4.69, 9.17) is 46.4 Å². The van der Waals surface area contributed by atoms with Crippen LogP contribution in [0.5, 0.6) is 0 Å². The molecule has 0 bridgehead atoms. The smallest absolute Gasteiger partial charge is 0.234 e. The van der Waals surface area contributed by atoms with Crippen LogP contribution in [0.25, 0.3) is 0 Å². The summed E-state index contributed by atoms with van der Waals surface area (Å²) in [6.45, 7) is 2.78. The molecule has 0 saturated heterocycles. The van der Waals surface area contributed by atoms with Crippen LogP contribution in [0.2, 0.25) is 20.1 Å². The molecule has 4 rings (SSSR count). The standard InChI is InChI=1S/C21H18Cl4N4OS/c1-2-29-20(14-7-13(14)11-3-5-12(22)6-4-11)27-28-21(29)31-10-19(30)26-18-9-16(24)15(23)8-17(18)25/h3-6,8-9,13-14H,2,7,10H2,1H3,(H,26,30)/t13-,14-/m0/s1. The number of carbonyl (C=O) groups is 1. The van der Waals surface area contributed by atoms with Crippen molar-refractivity contribution in [1.29, 1.82) is 0 Å². The highest BCUT2D eigenvalue weighted by molar-refractivity contribution is 7.99. The molecule has 162 valence electrons. The SMILES string of the molecule is CCn1c(SCC(=O)Nc2cc(Cl)c(Cl)cc2Cl)nnc1[C@H]1C[C@H]1c1ccc(Cl)cc1. The van der Waals surface area contributed by atoms with E-state index < -0.39 is 0 Å². The molecular weight excluding hydrogens is 498 g/mol. The Morgan fingerprint density at radius 3 is 2.48 bits per heavy atom. The number of halogens is 4. The van der Waals surface area contributed by atoms with E-state index in [0.29, 0.717) is 32.6 Å². The molecule has 31 heavy (non-hydrogen) atoms. The van der Waals surface area contributed by atoms with Crippen LogP contribution in [0.15, 0.2) is 41.6 Å². The first-order valence-corrected chi connectivity index (χ1v) is 12.1. The van der Waals surface area contributed by atoms with Gasteiger partial charge < -0.3 is 9.88 Å². The lowest BCUT2D eigenvalue weighted by molar-refractivity contribution is -0.113. The predicted molar refractivity (Wildman–Crippen MR) is 128 cm³/mol. The van der Waals surface area contributed by atoms with E-state index in [-0.39, 0.29) is 11.7 Å². The molecule has 5 nitrogen and oxygen atoms in total. The van der Waals surface area contributed by atoms with Crippen molar-refractivity contribution in [3.05, 3.63) is 67.9 Å². The minimum absolute atomic E-state index is 0.167. The lowest BCUT2D eigenvalue weighted by Gasteiger charge is -2.09. The summed E-state index contributed by atoms with van der Waals surface area (Å²) in [6, 6.07) is 11.0. The molecule has 2 atom stereocenters. The number of aromatic nitrogens is 3. The van der Waals surface area contributed by atoms with E-state index in [1.54, 1.807) is 0 Å². The lowest BCUT2D eigenvalue weighted by Crippen LogP contribution is -2.15. The Kier molecular flexibility index (Phi) is 7.04. The average molecular weight is 516 g/mol. The molecule has 1 fully saturated rings. The third-order valence-corrected chi connectivity index (χ3v) is 7.35. The van der Waals surface area contributed by atoms with Crippen LogP contribution < -0.4 is 5.32 Å². The molecule has 0 unspecified atom stereocenters. The van der Waals surface area contributed by atoms with Crippen molar-refractivity contribution in [3.63, 3.8) is 0 Å². The highest BCUT2D eigenvalue weighted by atomic mass is 35.5. The normalized spacial score (nSPS) is 17.6. The number of nitrogens with one attached hydrogen (secondary N) is 1. The number of rotatable bonds is 7. The van der Waals surface area contributed by atoms with E-state index in [1.165, 1.54) is 29.5 Å². The van der Waals surface area contributed by atoms with Crippen molar-refractivity contribution in [2.45, 2.75) is 36.9 Å². The molecule has 10 heteroatoms. The second kappa shape index (κ2) is 9.59. The van der Waals surface area contributed by atoms with Crippen molar-refractivity contribution in [1.82, 2.24) is 14.8 Å². The number of amides is 1. The highest BCUT2D eigenvalue weighted by Gasteiger charge is 2.43. The predicted octanol–water partition coefficient (Wildman–Crippen LogP) is 6.91. The number of benzene rings is 2. The summed E-state index contributed by atoms with van der Waals surface area (Å²) in [7, 11) is 0. The summed E-state index contributed by atoms with van der Waals surface area (Å²) < 4.78 is 2.07. The van der Waals surface area contributed by atoms with Gasteiger partial charge in [-0.05, 0) is 49.1 Å². The van der Waals surface area contributed by atoms with Crippen LogP contribution >= 0.6 is 58.2 Å². The van der Waals surface area contributed by atoms with Crippen LogP contribution in [0.3, 0.4) is 0 Å². The average Bonchev–Trinajstić information content (AvgIpc) is 3.42. The third-order valence-electron chi connectivity index (χ3n) is 5.10. The summed E-state index contributed by atoms with van der Waals surface area (Å²) in [5.74, 6) is 1.65. The zero-order chi connectivity index (χ0) is 22.1. The van der Waals surface area contributed by atoms with Gasteiger partial charge in [-0.3, -0.25) is 4.79 Å². The largest absolute Gasteiger partial charge is 0.324 e. The van der Waals surface area contributed by atoms with Crippen molar-refractivity contribution >= 4 is 69.8 Å². The number of anilines is 1. The van der Waals surface area contributed by atoms with Gasteiger partial charge in [0.05, 0.1) is 26.5 Å². The Hall–Kier alpha value is -1.44. The summed E-state index contributed by atoms with van der Waals surface area (Å²) in [5.41, 5.74) is 1.68. The van der Waals surface area contributed by atoms with E-state index >= 15 is 0 Å². The molecule has 1 heterocycles. The second-order valence-electron chi connectivity index (χ2n) is 7.17. The number of hydrogen-bond donors (Lipinski definition) is 1. The molecule has 0 radical (unpaired) electrons. The van der Waals surface area contributed by atoms with Crippen LogP contribution in [-0.4, -0.2) is 26.4 Å². The Morgan fingerprint density at radius 1 is 1.06 bits per heavy atom. The maximum Gasteiger partial charge on any atom is 0.234 e. The first-order chi connectivity index (χ1) is 14.9. The Bertz CT molecular complexity index is 1120. The zero-order valence-corrected chi connectivity index (χ0v) is 20.3. The van der Waals surface area contributed by atoms with Crippen molar-refractivity contribution < 1.29 is 4.79 Å². The molecule has 1 aliphatic carbocycles. The fraction of sp³-hybridized carbons (Fsp3) is 0.286. The zero-order valence-electron chi connectivity index (χ0n) is 16.4. The number of thioether (sulfide) groups is 1. The van der Waals surface area contributed by atoms with Crippen LogP contribution in [0.4, 0.5) is 5.69 Å². The summed E-state index contributed by atoms with van der Waals surface area (Å²) >= 11 is 25.4. The van der Waals surface area contributed by atoms with Gasteiger partial charge in [-0.1, -0.05) is 70.3 Å². The van der Waals surface area contributed by atoms with Crippen LogP contribution in [0, 0.1) is 0 Å². The molecule has 1 aliphatic rings. The van der Waals surface area contributed by atoms with Gasteiger partial charge in [-0.25, -0.2) is 0 Å². The third kappa shape index (κ3) is 5.15. The van der Waals surface area contributed by atoms with Gasteiger partial charge in [0, 0.05) is 17.5 Å². The van der Waals surface area contributed by atoms with E-state index in [9.17, 15) is 4.79 Å². The highest BCUT2D eigenvalue weighted by Crippen LogP contribution is 2.54. The molecule has 1 amide bonds. The topological polar surface area (TPSA) is 59.8 Å². The minimum atomic E-state index is -0.219. The van der Waals surface area contributed by atoms with Crippen LogP contribution in [0.1, 0.15) is 36.6 Å². The van der Waals surface area contributed by atoms with Gasteiger partial charge in [-0.15, -0.1) is 10.2 Å². The molecule has 0 spiro atoms. The first-order valence-electron chi connectivity index (χ1n) is 9.63. The Morgan fingerprint density at radius 2 is 1.77 bits per heavy atom. The molecule has 0 aliphatic heterocycles. The molecule has 3 aromatic rings. The minimum Gasteiger partial charge on any atom is -0.324 e. The second-order valence-corrected chi connectivity index (χ2v) is 9.77. The Balaban J connectivity index is 1.40. The lowest BCUT2D eigenvalue weighted by atomic mass is 10.1. The van der Waals surface area contributed by atoms with Crippen molar-refractivity contribution in [2.75, 3.05) is 11.1 Å². The number of nitrogens with zero attached hydrogens (tertiary/aromatic N) is 3. The van der Waals surface area contributed by atoms with Gasteiger partial charge in [0.1, 0.15) is 5.82 Å². The molecule has 1 N–H and O–H groups in total. The van der Waals surface area contributed by atoms with Crippen molar-refractivity contribution in [3.8, 4) is 0 Å². The fourth-order valence-corrected chi connectivity index (χ4v) is 5.00. The van der Waals surface area contributed by atoms with E-state index in [0.717, 1.165) is 29.0 Å². The molecule has 1 saturated carbocycles. The summed E-state index contributed by atoms with van der Waals surface area (Å²) in [5, 5.41) is 13.9. The number of carbonyl (C=O) groups excluding carboxylic acids is 1. The van der Waals surface area contributed by atoms with Gasteiger partial charge in [0.2, 0.25) is 5.91 Å². The van der Waals surface area contributed by atoms with E-state index in [2.05, 4.69) is 32.2 Å².